The van der Waals surface area contributed by atoms with Crippen molar-refractivity contribution in [1.82, 2.24) is 4.98 Å². The molecule has 10 heavy (non-hydrogen) atoms. The maximum absolute atomic E-state index is 10.4. The molecule has 3 nitrogen and oxygen atoms in total. The predicted octanol–water partition coefficient (Wildman–Crippen LogP) is 0.469. The first-order chi connectivity index (χ1) is 4.70. The highest BCUT2D eigenvalue weighted by Crippen LogP contribution is 2.02. The van der Waals surface area contributed by atoms with Crippen molar-refractivity contribution in [1.29, 1.82) is 0 Å². The Bertz CT molecular complexity index is 244. The molecule has 0 saturated heterocycles. The largest absolute Gasteiger partial charge is 0.364 e. The molecular formula is C6H6N2OS. The lowest BCUT2D eigenvalue weighted by Crippen LogP contribution is -2.12. The highest BCUT2D eigenvalue weighted by Gasteiger charge is 1.98. The van der Waals surface area contributed by atoms with Crippen molar-refractivity contribution in [3.8, 4) is 0 Å². The van der Waals surface area contributed by atoms with E-state index in [9.17, 15) is 4.79 Å². The van der Waals surface area contributed by atoms with Crippen LogP contribution in [0.15, 0.2) is 23.2 Å². The molecule has 0 aliphatic carbocycles. The predicted molar refractivity (Wildman–Crippen MR) is 40.0 cm³/mol. The van der Waals surface area contributed by atoms with Gasteiger partial charge >= 0.3 is 0 Å². The Labute approximate surface area is 63.7 Å². The van der Waals surface area contributed by atoms with Gasteiger partial charge in [0.05, 0.1) is 0 Å². The number of pyridine rings is 1. The van der Waals surface area contributed by atoms with E-state index < -0.39 is 5.91 Å². The molecule has 52 valence electrons. The molecule has 0 aliphatic rings. The van der Waals surface area contributed by atoms with Crippen LogP contribution in [0, 0.1) is 0 Å². The third-order valence-electron chi connectivity index (χ3n) is 1.00. The van der Waals surface area contributed by atoms with Gasteiger partial charge in [0, 0.05) is 11.1 Å². The van der Waals surface area contributed by atoms with Gasteiger partial charge in [-0.05, 0) is 12.1 Å². The molecule has 1 aromatic rings. The van der Waals surface area contributed by atoms with Crippen molar-refractivity contribution in [3.05, 3.63) is 24.0 Å². The SMILES string of the molecule is NC(=O)c1ccc(S)cn1. The summed E-state index contributed by atoms with van der Waals surface area (Å²) in [6, 6.07) is 3.20. The van der Waals surface area contributed by atoms with E-state index in [1.54, 1.807) is 6.07 Å². The molecule has 0 unspecified atom stereocenters. The number of amides is 1. The Hall–Kier alpha value is -1.03. The second-order valence-electron chi connectivity index (χ2n) is 1.77. The van der Waals surface area contributed by atoms with Crippen molar-refractivity contribution >= 4 is 18.5 Å². The van der Waals surface area contributed by atoms with Crippen LogP contribution in [-0.2, 0) is 0 Å². The summed E-state index contributed by atoms with van der Waals surface area (Å²) < 4.78 is 0. The van der Waals surface area contributed by atoms with Crippen LogP contribution in [-0.4, -0.2) is 10.9 Å². The average molecular weight is 154 g/mol. The van der Waals surface area contributed by atoms with Gasteiger partial charge in [0.1, 0.15) is 5.69 Å². The average Bonchev–Trinajstić information content (AvgIpc) is 1.88. The molecule has 0 spiro atoms. The topological polar surface area (TPSA) is 56.0 Å². The Morgan fingerprint density at radius 3 is 2.70 bits per heavy atom. The Morgan fingerprint density at radius 1 is 1.60 bits per heavy atom. The fraction of sp³-hybridized carbons (Fsp3) is 0. The zero-order chi connectivity index (χ0) is 7.56. The molecule has 0 radical (unpaired) electrons. The maximum atomic E-state index is 10.4. The first-order valence-corrected chi connectivity index (χ1v) is 3.09. The fourth-order valence-corrected chi connectivity index (χ4v) is 0.664. The summed E-state index contributed by atoms with van der Waals surface area (Å²) >= 11 is 3.99. The van der Waals surface area contributed by atoms with Gasteiger partial charge in [-0.3, -0.25) is 4.79 Å². The Kier molecular flexibility index (Phi) is 1.91. The normalized spacial score (nSPS) is 9.30. The van der Waals surface area contributed by atoms with E-state index in [4.69, 9.17) is 5.73 Å². The number of carbonyl (C=O) groups excluding carboxylic acids is 1. The summed E-state index contributed by atoms with van der Waals surface area (Å²) in [4.78, 5) is 14.9. The lowest BCUT2D eigenvalue weighted by atomic mass is 10.3. The summed E-state index contributed by atoms with van der Waals surface area (Å²) in [5.41, 5.74) is 5.20. The monoisotopic (exact) mass is 154 g/mol. The number of thiol groups is 1. The minimum absolute atomic E-state index is 0.262. The van der Waals surface area contributed by atoms with Crippen LogP contribution in [0.1, 0.15) is 10.5 Å². The number of primary amides is 1. The smallest absolute Gasteiger partial charge is 0.267 e. The van der Waals surface area contributed by atoms with E-state index in [-0.39, 0.29) is 5.69 Å². The van der Waals surface area contributed by atoms with Crippen LogP contribution in [0.5, 0.6) is 0 Å². The Balaban J connectivity index is 3.00. The zero-order valence-electron chi connectivity index (χ0n) is 5.11. The highest BCUT2D eigenvalue weighted by molar-refractivity contribution is 7.80. The van der Waals surface area contributed by atoms with Gasteiger partial charge in [0.15, 0.2) is 0 Å². The van der Waals surface area contributed by atoms with Crippen LogP contribution < -0.4 is 5.73 Å². The van der Waals surface area contributed by atoms with Crippen LogP contribution in [0.4, 0.5) is 0 Å². The van der Waals surface area contributed by atoms with Gasteiger partial charge in [0.25, 0.3) is 5.91 Å². The molecule has 1 aromatic heterocycles. The molecule has 1 heterocycles. The molecule has 0 aliphatic heterocycles. The van der Waals surface area contributed by atoms with Crippen LogP contribution in [0.3, 0.4) is 0 Å². The molecule has 4 heteroatoms. The summed E-state index contributed by atoms with van der Waals surface area (Å²) in [5, 5.41) is 0. The number of rotatable bonds is 1. The van der Waals surface area contributed by atoms with Gasteiger partial charge in [0.2, 0.25) is 0 Å². The van der Waals surface area contributed by atoms with E-state index in [0.717, 1.165) is 0 Å². The third kappa shape index (κ3) is 1.48. The first kappa shape index (κ1) is 7.08. The second-order valence-corrected chi connectivity index (χ2v) is 2.28. The lowest BCUT2D eigenvalue weighted by Gasteiger charge is -1.92. The van der Waals surface area contributed by atoms with E-state index in [1.807, 2.05) is 0 Å². The molecule has 0 saturated carbocycles. The van der Waals surface area contributed by atoms with Crippen LogP contribution >= 0.6 is 12.6 Å². The summed E-state index contributed by atoms with van der Waals surface area (Å²) in [6.07, 6.45) is 1.48. The van der Waals surface area contributed by atoms with Crippen LogP contribution in [0.25, 0.3) is 0 Å². The molecule has 0 fully saturated rings. The minimum Gasteiger partial charge on any atom is -0.364 e. The molecule has 1 amide bonds. The molecule has 2 N–H and O–H groups in total. The first-order valence-electron chi connectivity index (χ1n) is 2.65. The van der Waals surface area contributed by atoms with Gasteiger partial charge in [-0.2, -0.15) is 0 Å². The van der Waals surface area contributed by atoms with E-state index >= 15 is 0 Å². The van der Waals surface area contributed by atoms with Gasteiger partial charge < -0.3 is 5.73 Å². The zero-order valence-corrected chi connectivity index (χ0v) is 6.01. The second kappa shape index (κ2) is 2.70. The highest BCUT2D eigenvalue weighted by atomic mass is 32.1. The molecular weight excluding hydrogens is 148 g/mol. The van der Waals surface area contributed by atoms with Gasteiger partial charge in [-0.1, -0.05) is 0 Å². The van der Waals surface area contributed by atoms with E-state index in [1.165, 1.54) is 12.3 Å². The molecule has 1 rings (SSSR count). The van der Waals surface area contributed by atoms with Crippen LogP contribution in [0.2, 0.25) is 0 Å². The minimum atomic E-state index is -0.520. The summed E-state index contributed by atoms with van der Waals surface area (Å²) in [5.74, 6) is -0.520. The number of aromatic nitrogens is 1. The van der Waals surface area contributed by atoms with Gasteiger partial charge in [-0.25, -0.2) is 4.98 Å². The number of hydrogen-bond acceptors (Lipinski definition) is 3. The van der Waals surface area contributed by atoms with Gasteiger partial charge in [-0.15, -0.1) is 12.6 Å². The van der Waals surface area contributed by atoms with Crippen molar-refractivity contribution in [3.63, 3.8) is 0 Å². The number of hydrogen-bond donors (Lipinski definition) is 2. The summed E-state index contributed by atoms with van der Waals surface area (Å²) in [6.45, 7) is 0. The lowest BCUT2D eigenvalue weighted by molar-refractivity contribution is 0.0995. The molecule has 0 atom stereocenters. The maximum Gasteiger partial charge on any atom is 0.267 e. The van der Waals surface area contributed by atoms with Crippen molar-refractivity contribution in [2.45, 2.75) is 4.90 Å². The number of nitrogens with zero attached hydrogens (tertiary/aromatic N) is 1. The van der Waals surface area contributed by atoms with E-state index in [2.05, 4.69) is 17.6 Å². The molecule has 0 bridgehead atoms. The summed E-state index contributed by atoms with van der Waals surface area (Å²) in [7, 11) is 0. The number of carbonyl (C=O) groups is 1. The molecule has 0 aromatic carbocycles. The standard InChI is InChI=1S/C6H6N2OS/c7-6(9)5-2-1-4(10)3-8-5/h1-3,10H,(H2,7,9). The number of nitrogens with two attached hydrogens (primary N) is 1. The van der Waals surface area contributed by atoms with Crippen molar-refractivity contribution < 1.29 is 4.79 Å². The fourth-order valence-electron chi connectivity index (χ4n) is 0.532. The Morgan fingerprint density at radius 2 is 2.30 bits per heavy atom. The van der Waals surface area contributed by atoms with E-state index in [0.29, 0.717) is 4.90 Å². The quantitative estimate of drug-likeness (QED) is 0.578. The van der Waals surface area contributed by atoms with Crippen molar-refractivity contribution in [2.75, 3.05) is 0 Å². The third-order valence-corrected chi connectivity index (χ3v) is 1.26. The van der Waals surface area contributed by atoms with Crippen molar-refractivity contribution in [2.24, 2.45) is 5.73 Å².